The molecule has 0 unspecified atom stereocenters. The van der Waals surface area contributed by atoms with Crippen molar-refractivity contribution in [2.45, 2.75) is 33.1 Å². The van der Waals surface area contributed by atoms with E-state index < -0.39 is 0 Å². The van der Waals surface area contributed by atoms with Gasteiger partial charge in [0.1, 0.15) is 6.33 Å². The molecule has 0 atom stereocenters. The molecule has 0 aromatic carbocycles. The molecular formula is C10H16FN3. The largest absolute Gasteiger partial charge is 0.368 e. The van der Waals surface area contributed by atoms with Gasteiger partial charge in [-0.25, -0.2) is 14.4 Å². The molecule has 0 saturated carbocycles. The van der Waals surface area contributed by atoms with Gasteiger partial charge in [0.05, 0.1) is 5.69 Å². The third-order valence-electron chi connectivity index (χ3n) is 2.02. The molecule has 78 valence electrons. The van der Waals surface area contributed by atoms with E-state index in [1.807, 2.05) is 6.92 Å². The van der Waals surface area contributed by atoms with Crippen molar-refractivity contribution >= 4 is 5.82 Å². The lowest BCUT2D eigenvalue weighted by molar-refractivity contribution is 0.596. The molecule has 3 nitrogen and oxygen atoms in total. The smallest absolute Gasteiger partial charge is 0.186 e. The van der Waals surface area contributed by atoms with Crippen molar-refractivity contribution in [2.24, 2.45) is 0 Å². The maximum atomic E-state index is 13.5. The number of hydrogen-bond acceptors (Lipinski definition) is 3. The first-order valence-corrected chi connectivity index (χ1v) is 5.02. The van der Waals surface area contributed by atoms with Crippen LogP contribution in [0.25, 0.3) is 0 Å². The third-order valence-corrected chi connectivity index (χ3v) is 2.02. The minimum atomic E-state index is -0.314. The summed E-state index contributed by atoms with van der Waals surface area (Å²) in [7, 11) is 0. The van der Waals surface area contributed by atoms with Crippen LogP contribution in [0.4, 0.5) is 10.2 Å². The predicted octanol–water partition coefficient (Wildman–Crippen LogP) is 2.39. The Morgan fingerprint density at radius 2 is 2.14 bits per heavy atom. The summed E-state index contributed by atoms with van der Waals surface area (Å²) in [5.41, 5.74) is 0.471. The van der Waals surface area contributed by atoms with E-state index in [4.69, 9.17) is 0 Å². The second kappa shape index (κ2) is 5.52. The fourth-order valence-electron chi connectivity index (χ4n) is 1.16. The predicted molar refractivity (Wildman–Crippen MR) is 54.8 cm³/mol. The zero-order valence-electron chi connectivity index (χ0n) is 8.68. The van der Waals surface area contributed by atoms with Crippen molar-refractivity contribution in [1.29, 1.82) is 0 Å². The van der Waals surface area contributed by atoms with E-state index in [0.717, 1.165) is 19.4 Å². The van der Waals surface area contributed by atoms with Gasteiger partial charge in [-0.05, 0) is 12.8 Å². The second-order valence-electron chi connectivity index (χ2n) is 3.12. The van der Waals surface area contributed by atoms with Gasteiger partial charge in [0, 0.05) is 6.54 Å². The number of aryl methyl sites for hydroxylation is 1. The first kappa shape index (κ1) is 10.9. The molecule has 0 aliphatic rings. The van der Waals surface area contributed by atoms with E-state index in [1.165, 1.54) is 6.33 Å². The van der Waals surface area contributed by atoms with E-state index in [0.29, 0.717) is 17.9 Å². The molecule has 1 heterocycles. The van der Waals surface area contributed by atoms with Gasteiger partial charge < -0.3 is 5.32 Å². The Balaban J connectivity index is 2.66. The molecule has 0 amide bonds. The molecule has 14 heavy (non-hydrogen) atoms. The fourth-order valence-corrected chi connectivity index (χ4v) is 1.16. The topological polar surface area (TPSA) is 37.8 Å². The van der Waals surface area contributed by atoms with Crippen LogP contribution in [-0.2, 0) is 6.42 Å². The molecule has 0 spiro atoms. The van der Waals surface area contributed by atoms with Crippen molar-refractivity contribution in [1.82, 2.24) is 9.97 Å². The Bertz CT molecular complexity index is 289. The number of nitrogens with zero attached hydrogens (tertiary/aromatic N) is 2. The standard InChI is InChI=1S/C10H16FN3/c1-3-5-6-12-10-9(11)8(4-2)13-7-14-10/h7H,3-6H2,1-2H3,(H,12,13,14). The highest BCUT2D eigenvalue weighted by Gasteiger charge is 2.07. The van der Waals surface area contributed by atoms with Crippen LogP contribution in [0, 0.1) is 5.82 Å². The lowest BCUT2D eigenvalue weighted by atomic mass is 10.3. The summed E-state index contributed by atoms with van der Waals surface area (Å²) in [6, 6.07) is 0. The van der Waals surface area contributed by atoms with Crippen LogP contribution in [0.1, 0.15) is 32.4 Å². The minimum Gasteiger partial charge on any atom is -0.368 e. The highest BCUT2D eigenvalue weighted by Crippen LogP contribution is 2.12. The van der Waals surface area contributed by atoms with E-state index in [-0.39, 0.29) is 5.82 Å². The Morgan fingerprint density at radius 1 is 1.36 bits per heavy atom. The first-order chi connectivity index (χ1) is 6.79. The normalized spacial score (nSPS) is 10.2. The molecule has 0 aliphatic heterocycles. The van der Waals surface area contributed by atoms with Crippen molar-refractivity contribution < 1.29 is 4.39 Å². The second-order valence-corrected chi connectivity index (χ2v) is 3.12. The van der Waals surface area contributed by atoms with Crippen molar-refractivity contribution in [3.8, 4) is 0 Å². The molecule has 0 saturated heterocycles. The summed E-state index contributed by atoms with van der Waals surface area (Å²) in [5, 5.41) is 2.96. The van der Waals surface area contributed by atoms with Gasteiger partial charge in [-0.1, -0.05) is 20.3 Å². The number of hydrogen-bond donors (Lipinski definition) is 1. The van der Waals surface area contributed by atoms with Crippen molar-refractivity contribution in [3.05, 3.63) is 17.8 Å². The van der Waals surface area contributed by atoms with E-state index in [9.17, 15) is 4.39 Å². The Morgan fingerprint density at radius 3 is 2.79 bits per heavy atom. The number of unbranched alkanes of at least 4 members (excludes halogenated alkanes) is 1. The van der Waals surface area contributed by atoms with Gasteiger partial charge in [-0.15, -0.1) is 0 Å². The van der Waals surface area contributed by atoms with Crippen LogP contribution < -0.4 is 5.32 Å². The van der Waals surface area contributed by atoms with Crippen LogP contribution in [0.2, 0.25) is 0 Å². The SMILES string of the molecule is CCCCNc1ncnc(CC)c1F. The van der Waals surface area contributed by atoms with Gasteiger partial charge in [0.15, 0.2) is 11.6 Å². The Hall–Kier alpha value is -1.19. The fraction of sp³-hybridized carbons (Fsp3) is 0.600. The first-order valence-electron chi connectivity index (χ1n) is 5.02. The molecule has 1 N–H and O–H groups in total. The van der Waals surface area contributed by atoms with Crippen molar-refractivity contribution in [2.75, 3.05) is 11.9 Å². The molecule has 4 heteroatoms. The lowest BCUT2D eigenvalue weighted by Gasteiger charge is -2.06. The van der Waals surface area contributed by atoms with E-state index in [2.05, 4.69) is 22.2 Å². The number of anilines is 1. The Labute approximate surface area is 83.8 Å². The van der Waals surface area contributed by atoms with E-state index in [1.54, 1.807) is 0 Å². The van der Waals surface area contributed by atoms with Crippen LogP contribution in [-0.4, -0.2) is 16.5 Å². The molecule has 1 aromatic heterocycles. The van der Waals surface area contributed by atoms with Gasteiger partial charge in [0.2, 0.25) is 0 Å². The zero-order chi connectivity index (χ0) is 10.4. The van der Waals surface area contributed by atoms with Crippen LogP contribution in [0.5, 0.6) is 0 Å². The molecule has 0 aliphatic carbocycles. The summed E-state index contributed by atoms with van der Waals surface area (Å²) in [5.74, 6) is 0.0106. The quantitative estimate of drug-likeness (QED) is 0.736. The van der Waals surface area contributed by atoms with Gasteiger partial charge in [0.25, 0.3) is 0 Å². The summed E-state index contributed by atoms with van der Waals surface area (Å²) >= 11 is 0. The molecule has 1 rings (SSSR count). The minimum absolute atomic E-state index is 0.314. The maximum absolute atomic E-state index is 13.5. The van der Waals surface area contributed by atoms with E-state index >= 15 is 0 Å². The van der Waals surface area contributed by atoms with Crippen LogP contribution in [0.15, 0.2) is 6.33 Å². The molecule has 1 aromatic rings. The molecule has 0 bridgehead atoms. The third kappa shape index (κ3) is 2.65. The highest BCUT2D eigenvalue weighted by atomic mass is 19.1. The summed E-state index contributed by atoms with van der Waals surface area (Å²) in [4.78, 5) is 7.72. The Kier molecular flexibility index (Phi) is 4.29. The maximum Gasteiger partial charge on any atom is 0.186 e. The van der Waals surface area contributed by atoms with Gasteiger partial charge in [-0.3, -0.25) is 0 Å². The number of rotatable bonds is 5. The zero-order valence-corrected chi connectivity index (χ0v) is 8.68. The number of halogens is 1. The molecule has 0 fully saturated rings. The highest BCUT2D eigenvalue weighted by molar-refractivity contribution is 5.36. The average molecular weight is 197 g/mol. The average Bonchev–Trinajstić information content (AvgIpc) is 2.21. The summed E-state index contributed by atoms with van der Waals surface area (Å²) in [6.45, 7) is 4.73. The van der Waals surface area contributed by atoms with Crippen LogP contribution in [0.3, 0.4) is 0 Å². The van der Waals surface area contributed by atoms with Crippen molar-refractivity contribution in [3.63, 3.8) is 0 Å². The summed E-state index contributed by atoms with van der Waals surface area (Å²) < 4.78 is 13.5. The number of nitrogens with one attached hydrogen (secondary N) is 1. The summed E-state index contributed by atoms with van der Waals surface area (Å²) in [6.07, 6.45) is 4.10. The van der Waals surface area contributed by atoms with Gasteiger partial charge >= 0.3 is 0 Å². The molecular weight excluding hydrogens is 181 g/mol. The van der Waals surface area contributed by atoms with Crippen LogP contribution >= 0.6 is 0 Å². The number of aromatic nitrogens is 2. The van der Waals surface area contributed by atoms with Gasteiger partial charge in [-0.2, -0.15) is 0 Å². The molecule has 0 radical (unpaired) electrons. The monoisotopic (exact) mass is 197 g/mol. The lowest BCUT2D eigenvalue weighted by Crippen LogP contribution is -2.07.